The summed E-state index contributed by atoms with van der Waals surface area (Å²) in [4.78, 5) is 0. The monoisotopic (exact) mass is 207 g/mol. The van der Waals surface area contributed by atoms with Crippen LogP contribution in [0.4, 0.5) is 0 Å². The number of nitrogens with two attached hydrogens (primary N) is 1. The molecule has 2 heteroatoms. The van der Waals surface area contributed by atoms with Gasteiger partial charge >= 0.3 is 0 Å². The van der Waals surface area contributed by atoms with Gasteiger partial charge in [0.25, 0.3) is 0 Å². The summed E-state index contributed by atoms with van der Waals surface area (Å²) >= 11 is 0. The molecule has 0 spiro atoms. The fourth-order valence-corrected chi connectivity index (χ4v) is 1.35. The second kappa shape index (κ2) is 5.17. The van der Waals surface area contributed by atoms with Crippen LogP contribution in [0, 0.1) is 6.92 Å². The molecule has 0 aliphatic rings. The van der Waals surface area contributed by atoms with E-state index in [4.69, 9.17) is 10.5 Å². The van der Waals surface area contributed by atoms with Crippen molar-refractivity contribution in [2.24, 2.45) is 5.73 Å². The molecule has 0 bridgehead atoms. The molecule has 84 valence electrons. The number of rotatable bonds is 4. The summed E-state index contributed by atoms with van der Waals surface area (Å²) in [6.07, 6.45) is 0. The van der Waals surface area contributed by atoms with Crippen molar-refractivity contribution in [2.45, 2.75) is 39.7 Å². The summed E-state index contributed by atoms with van der Waals surface area (Å²) in [6.45, 7) is 8.94. The molecule has 1 aromatic carbocycles. The molecule has 0 heterocycles. The first-order valence-electron chi connectivity index (χ1n) is 5.49. The van der Waals surface area contributed by atoms with Crippen LogP contribution in [0.25, 0.3) is 0 Å². The first-order valence-corrected chi connectivity index (χ1v) is 5.49. The van der Waals surface area contributed by atoms with E-state index in [1.54, 1.807) is 0 Å². The molecular weight excluding hydrogens is 186 g/mol. The predicted octanol–water partition coefficient (Wildman–Crippen LogP) is 2.84. The van der Waals surface area contributed by atoms with Crippen molar-refractivity contribution in [3.05, 3.63) is 29.3 Å². The number of hydrogen-bond donors (Lipinski definition) is 1. The van der Waals surface area contributed by atoms with E-state index in [0.717, 1.165) is 5.75 Å². The van der Waals surface area contributed by atoms with E-state index < -0.39 is 0 Å². The Balaban J connectivity index is 2.81. The van der Waals surface area contributed by atoms with Crippen LogP contribution in [0.2, 0.25) is 0 Å². The minimum absolute atomic E-state index is 0.0760. The number of benzene rings is 1. The third kappa shape index (κ3) is 3.56. The Morgan fingerprint density at radius 1 is 1.27 bits per heavy atom. The minimum atomic E-state index is 0.0760. The second-order valence-electron chi connectivity index (χ2n) is 4.47. The van der Waals surface area contributed by atoms with E-state index in [9.17, 15) is 0 Å². The highest BCUT2D eigenvalue weighted by Gasteiger charge is 2.05. The zero-order valence-electron chi connectivity index (χ0n) is 10.1. The summed E-state index contributed by atoms with van der Waals surface area (Å²) in [5.74, 6) is 1.49. The summed E-state index contributed by atoms with van der Waals surface area (Å²) in [5.41, 5.74) is 8.14. The average molecular weight is 207 g/mol. The maximum absolute atomic E-state index is 5.66. The summed E-state index contributed by atoms with van der Waals surface area (Å²) in [5, 5.41) is 0. The lowest BCUT2D eigenvalue weighted by Crippen LogP contribution is -2.23. The van der Waals surface area contributed by atoms with Gasteiger partial charge in [0.05, 0.1) is 0 Å². The van der Waals surface area contributed by atoms with Crippen LogP contribution >= 0.6 is 0 Å². The van der Waals surface area contributed by atoms with Crippen LogP contribution in [0.1, 0.15) is 37.8 Å². The van der Waals surface area contributed by atoms with Crippen molar-refractivity contribution < 1.29 is 4.74 Å². The van der Waals surface area contributed by atoms with Gasteiger partial charge in [0.1, 0.15) is 12.4 Å². The van der Waals surface area contributed by atoms with Gasteiger partial charge in [0.2, 0.25) is 0 Å². The zero-order valence-corrected chi connectivity index (χ0v) is 10.1. The Morgan fingerprint density at radius 2 is 1.93 bits per heavy atom. The molecule has 0 aliphatic carbocycles. The zero-order chi connectivity index (χ0) is 11.4. The molecule has 15 heavy (non-hydrogen) atoms. The van der Waals surface area contributed by atoms with Crippen LogP contribution in [0.5, 0.6) is 5.75 Å². The molecular formula is C13H21NO. The van der Waals surface area contributed by atoms with Crippen LogP contribution < -0.4 is 10.5 Å². The normalized spacial score (nSPS) is 12.9. The molecule has 2 nitrogen and oxygen atoms in total. The highest BCUT2D eigenvalue weighted by Crippen LogP contribution is 2.24. The van der Waals surface area contributed by atoms with Crippen LogP contribution in [-0.4, -0.2) is 12.6 Å². The highest BCUT2D eigenvalue weighted by atomic mass is 16.5. The Morgan fingerprint density at radius 3 is 2.47 bits per heavy atom. The Bertz CT molecular complexity index is 318. The van der Waals surface area contributed by atoms with Crippen molar-refractivity contribution in [3.8, 4) is 5.75 Å². The van der Waals surface area contributed by atoms with Gasteiger partial charge in [0, 0.05) is 6.04 Å². The summed E-state index contributed by atoms with van der Waals surface area (Å²) in [7, 11) is 0. The maximum Gasteiger partial charge on any atom is 0.122 e. The van der Waals surface area contributed by atoms with Crippen molar-refractivity contribution in [1.82, 2.24) is 0 Å². The summed E-state index contributed by atoms with van der Waals surface area (Å²) in [6, 6.07) is 6.44. The van der Waals surface area contributed by atoms with Gasteiger partial charge in [-0.3, -0.25) is 0 Å². The number of ether oxygens (including phenoxy) is 1. The van der Waals surface area contributed by atoms with Gasteiger partial charge in [0.15, 0.2) is 0 Å². The molecule has 0 radical (unpaired) electrons. The van der Waals surface area contributed by atoms with E-state index in [0.29, 0.717) is 12.5 Å². The van der Waals surface area contributed by atoms with Gasteiger partial charge < -0.3 is 10.5 Å². The first-order chi connectivity index (χ1) is 7.00. The fourth-order valence-electron chi connectivity index (χ4n) is 1.35. The molecule has 0 aromatic heterocycles. The number of aryl methyl sites for hydroxylation is 1. The summed E-state index contributed by atoms with van der Waals surface area (Å²) < 4.78 is 5.66. The van der Waals surface area contributed by atoms with Gasteiger partial charge in [-0.05, 0) is 37.0 Å². The van der Waals surface area contributed by atoms with E-state index in [1.807, 2.05) is 6.92 Å². The van der Waals surface area contributed by atoms with Crippen molar-refractivity contribution in [1.29, 1.82) is 0 Å². The molecule has 0 amide bonds. The lowest BCUT2D eigenvalue weighted by Gasteiger charge is -2.14. The highest BCUT2D eigenvalue weighted by molar-refractivity contribution is 5.37. The standard InChI is InChI=1S/C13H21NO/c1-9(2)12-6-5-10(3)13(7-12)15-8-11(4)14/h5-7,9,11H,8,14H2,1-4H3. The Hall–Kier alpha value is -1.02. The first kappa shape index (κ1) is 12.1. The Kier molecular flexibility index (Phi) is 4.15. The van der Waals surface area contributed by atoms with Gasteiger partial charge in [-0.2, -0.15) is 0 Å². The van der Waals surface area contributed by atoms with E-state index in [1.165, 1.54) is 11.1 Å². The van der Waals surface area contributed by atoms with E-state index >= 15 is 0 Å². The quantitative estimate of drug-likeness (QED) is 0.824. The fraction of sp³-hybridized carbons (Fsp3) is 0.538. The SMILES string of the molecule is Cc1ccc(C(C)C)cc1OCC(C)N. The van der Waals surface area contributed by atoms with Gasteiger partial charge in [-0.1, -0.05) is 26.0 Å². The lowest BCUT2D eigenvalue weighted by atomic mass is 10.0. The Labute approximate surface area is 92.4 Å². The predicted molar refractivity (Wildman–Crippen MR) is 64.4 cm³/mol. The van der Waals surface area contributed by atoms with E-state index in [-0.39, 0.29) is 6.04 Å². The molecule has 1 unspecified atom stereocenters. The third-order valence-corrected chi connectivity index (χ3v) is 2.38. The molecule has 0 saturated heterocycles. The molecule has 1 aromatic rings. The van der Waals surface area contributed by atoms with Crippen molar-refractivity contribution >= 4 is 0 Å². The van der Waals surface area contributed by atoms with Crippen molar-refractivity contribution in [3.63, 3.8) is 0 Å². The van der Waals surface area contributed by atoms with E-state index in [2.05, 4.69) is 39.0 Å². The van der Waals surface area contributed by atoms with Gasteiger partial charge in [-0.15, -0.1) is 0 Å². The minimum Gasteiger partial charge on any atom is -0.492 e. The topological polar surface area (TPSA) is 35.2 Å². The molecule has 0 fully saturated rings. The smallest absolute Gasteiger partial charge is 0.122 e. The molecule has 2 N–H and O–H groups in total. The number of hydrogen-bond acceptors (Lipinski definition) is 2. The molecule has 1 rings (SSSR count). The van der Waals surface area contributed by atoms with Crippen LogP contribution in [-0.2, 0) is 0 Å². The average Bonchev–Trinajstić information content (AvgIpc) is 2.16. The third-order valence-electron chi connectivity index (χ3n) is 2.38. The van der Waals surface area contributed by atoms with Crippen LogP contribution in [0.3, 0.4) is 0 Å². The second-order valence-corrected chi connectivity index (χ2v) is 4.47. The molecule has 0 saturated carbocycles. The molecule has 0 aliphatic heterocycles. The van der Waals surface area contributed by atoms with Gasteiger partial charge in [-0.25, -0.2) is 0 Å². The lowest BCUT2D eigenvalue weighted by molar-refractivity contribution is 0.294. The molecule has 1 atom stereocenters. The van der Waals surface area contributed by atoms with Crippen molar-refractivity contribution in [2.75, 3.05) is 6.61 Å². The maximum atomic E-state index is 5.66. The largest absolute Gasteiger partial charge is 0.492 e. The van der Waals surface area contributed by atoms with Crippen LogP contribution in [0.15, 0.2) is 18.2 Å².